The summed E-state index contributed by atoms with van der Waals surface area (Å²) in [4.78, 5) is 2.38. The standard InChI is InChI=1S/C30H16BNO2S/c1-2-13-26-18(6-1)19-16-17(14-15-27(19)35-26)32-20-7-3-9-22-28(20)31-29-21(32)8-4-10-23(29)34-25-12-5-11-24(33-22)30(25)31/h1-16H. The van der Waals surface area contributed by atoms with Gasteiger partial charge in [-0.25, -0.2) is 0 Å². The van der Waals surface area contributed by atoms with Crippen LogP contribution in [-0.4, -0.2) is 6.71 Å². The lowest BCUT2D eigenvalue weighted by atomic mass is 9.33. The third-order valence-corrected chi connectivity index (χ3v) is 8.67. The van der Waals surface area contributed by atoms with Crippen molar-refractivity contribution in [3.63, 3.8) is 0 Å². The van der Waals surface area contributed by atoms with Crippen molar-refractivity contribution in [3.8, 4) is 23.0 Å². The molecule has 0 N–H and O–H groups in total. The number of anilines is 3. The normalized spacial score (nSPS) is 14.1. The summed E-state index contributed by atoms with van der Waals surface area (Å²) in [6, 6.07) is 34.4. The molecule has 0 saturated carbocycles. The molecule has 5 aromatic carbocycles. The number of ether oxygens (including phenoxy) is 2. The molecule has 0 radical (unpaired) electrons. The minimum Gasteiger partial charge on any atom is -0.458 e. The highest BCUT2D eigenvalue weighted by molar-refractivity contribution is 7.25. The van der Waals surface area contributed by atoms with Crippen LogP contribution in [0.5, 0.6) is 23.0 Å². The fourth-order valence-electron chi connectivity index (χ4n) is 6.13. The summed E-state index contributed by atoms with van der Waals surface area (Å²) in [6.07, 6.45) is 0. The molecular formula is C30H16BNO2S. The monoisotopic (exact) mass is 465 g/mol. The highest BCUT2D eigenvalue weighted by Gasteiger charge is 2.47. The summed E-state index contributed by atoms with van der Waals surface area (Å²) >= 11 is 1.85. The first-order chi connectivity index (χ1) is 17.3. The van der Waals surface area contributed by atoms with Gasteiger partial charge in [0.1, 0.15) is 23.0 Å². The van der Waals surface area contributed by atoms with E-state index in [-0.39, 0.29) is 6.71 Å². The molecule has 3 aliphatic rings. The summed E-state index contributed by atoms with van der Waals surface area (Å²) in [5, 5.41) is 2.60. The van der Waals surface area contributed by atoms with Gasteiger partial charge in [-0.1, -0.05) is 36.4 Å². The van der Waals surface area contributed by atoms with Crippen molar-refractivity contribution in [2.75, 3.05) is 4.90 Å². The molecule has 0 saturated heterocycles. The Morgan fingerprint density at radius 1 is 0.543 bits per heavy atom. The van der Waals surface area contributed by atoms with E-state index in [1.54, 1.807) is 0 Å². The van der Waals surface area contributed by atoms with Crippen LogP contribution in [-0.2, 0) is 0 Å². The van der Waals surface area contributed by atoms with Crippen molar-refractivity contribution in [1.29, 1.82) is 0 Å². The van der Waals surface area contributed by atoms with Crippen LogP contribution in [0.3, 0.4) is 0 Å². The van der Waals surface area contributed by atoms with E-state index in [1.165, 1.54) is 42.5 Å². The fraction of sp³-hybridized carbons (Fsp3) is 0. The summed E-state index contributed by atoms with van der Waals surface area (Å²) < 4.78 is 15.5. The molecule has 0 spiro atoms. The van der Waals surface area contributed by atoms with Crippen molar-refractivity contribution >= 4 is 71.7 Å². The number of fused-ring (bicyclic) bond motifs is 3. The number of benzene rings is 5. The Labute approximate surface area is 205 Å². The number of thiophene rings is 1. The quantitative estimate of drug-likeness (QED) is 0.256. The molecule has 4 heterocycles. The minimum atomic E-state index is 0.100. The second-order valence-electron chi connectivity index (χ2n) is 9.30. The van der Waals surface area contributed by atoms with E-state index in [4.69, 9.17) is 9.47 Å². The molecule has 3 nitrogen and oxygen atoms in total. The lowest BCUT2D eigenvalue weighted by Gasteiger charge is -2.42. The SMILES string of the molecule is c1cc2c3c(c1)Oc1cccc4c1B3c1c(cccc1N4c1ccc3sc4ccccc4c3c1)O2. The molecule has 35 heavy (non-hydrogen) atoms. The van der Waals surface area contributed by atoms with Crippen molar-refractivity contribution < 1.29 is 9.47 Å². The van der Waals surface area contributed by atoms with Gasteiger partial charge >= 0.3 is 0 Å². The third kappa shape index (κ3) is 2.22. The molecule has 3 aliphatic heterocycles. The van der Waals surface area contributed by atoms with Crippen LogP contribution < -0.4 is 30.8 Å². The van der Waals surface area contributed by atoms with Crippen LogP contribution in [0.15, 0.2) is 97.1 Å². The predicted molar refractivity (Wildman–Crippen MR) is 145 cm³/mol. The predicted octanol–water partition coefficient (Wildman–Crippen LogP) is 6.57. The number of hydrogen-bond acceptors (Lipinski definition) is 4. The highest BCUT2D eigenvalue weighted by Crippen LogP contribution is 2.46. The van der Waals surface area contributed by atoms with Gasteiger partial charge in [-0.2, -0.15) is 0 Å². The average Bonchev–Trinajstić information content (AvgIpc) is 3.27. The van der Waals surface area contributed by atoms with E-state index in [1.807, 2.05) is 29.5 Å². The first-order valence-electron chi connectivity index (χ1n) is 11.8. The Balaban J connectivity index is 1.37. The minimum absolute atomic E-state index is 0.100. The van der Waals surface area contributed by atoms with Gasteiger partial charge in [-0.05, 0) is 71.6 Å². The molecule has 6 aromatic rings. The number of nitrogens with zero attached hydrogens (tertiary/aromatic N) is 1. The molecular weight excluding hydrogens is 449 g/mol. The Bertz CT molecular complexity index is 1820. The molecule has 0 bridgehead atoms. The molecule has 5 heteroatoms. The third-order valence-electron chi connectivity index (χ3n) is 7.52. The van der Waals surface area contributed by atoms with Crippen molar-refractivity contribution in [3.05, 3.63) is 97.1 Å². The van der Waals surface area contributed by atoms with Crippen LogP contribution in [0.25, 0.3) is 20.2 Å². The van der Waals surface area contributed by atoms with Crippen LogP contribution in [0, 0.1) is 0 Å². The zero-order valence-corrected chi connectivity index (χ0v) is 19.3. The zero-order valence-electron chi connectivity index (χ0n) is 18.5. The Morgan fingerprint density at radius 2 is 1.14 bits per heavy atom. The Kier molecular flexibility index (Phi) is 3.25. The van der Waals surface area contributed by atoms with Gasteiger partial charge in [0.25, 0.3) is 6.71 Å². The van der Waals surface area contributed by atoms with E-state index < -0.39 is 0 Å². The molecule has 0 aliphatic carbocycles. The average molecular weight is 465 g/mol. The fourth-order valence-corrected chi connectivity index (χ4v) is 7.22. The topological polar surface area (TPSA) is 21.7 Å². The molecule has 1 aromatic heterocycles. The molecule has 0 amide bonds. The molecule has 0 fully saturated rings. The smallest absolute Gasteiger partial charge is 0.266 e. The second-order valence-corrected chi connectivity index (χ2v) is 10.4. The molecule has 0 unspecified atom stereocenters. The van der Waals surface area contributed by atoms with Gasteiger partial charge in [0.05, 0.1) is 0 Å². The molecule has 162 valence electrons. The lowest BCUT2D eigenvalue weighted by molar-refractivity contribution is 0.464. The zero-order chi connectivity index (χ0) is 22.7. The van der Waals surface area contributed by atoms with Crippen molar-refractivity contribution in [2.45, 2.75) is 0 Å². The van der Waals surface area contributed by atoms with Crippen LogP contribution in [0.4, 0.5) is 17.1 Å². The Morgan fingerprint density at radius 3 is 1.86 bits per heavy atom. The van der Waals surface area contributed by atoms with Gasteiger partial charge in [0.15, 0.2) is 0 Å². The van der Waals surface area contributed by atoms with Crippen LogP contribution in [0.2, 0.25) is 0 Å². The van der Waals surface area contributed by atoms with Gasteiger partial charge in [0, 0.05) is 42.7 Å². The molecule has 0 atom stereocenters. The Hall–Kier alpha value is -4.22. The van der Waals surface area contributed by atoms with Gasteiger partial charge in [0.2, 0.25) is 0 Å². The first-order valence-corrected chi connectivity index (χ1v) is 12.6. The molecule has 9 rings (SSSR count). The van der Waals surface area contributed by atoms with E-state index >= 15 is 0 Å². The van der Waals surface area contributed by atoms with Crippen LogP contribution in [0.1, 0.15) is 0 Å². The van der Waals surface area contributed by atoms with Gasteiger partial charge < -0.3 is 14.4 Å². The van der Waals surface area contributed by atoms with Crippen molar-refractivity contribution in [1.82, 2.24) is 0 Å². The highest BCUT2D eigenvalue weighted by atomic mass is 32.1. The summed E-state index contributed by atoms with van der Waals surface area (Å²) in [7, 11) is 0. The largest absolute Gasteiger partial charge is 0.458 e. The van der Waals surface area contributed by atoms with E-state index in [0.717, 1.165) is 34.1 Å². The maximum absolute atomic E-state index is 6.44. The van der Waals surface area contributed by atoms with E-state index in [2.05, 4.69) is 83.8 Å². The van der Waals surface area contributed by atoms with E-state index in [9.17, 15) is 0 Å². The lowest BCUT2D eigenvalue weighted by Crippen LogP contribution is -2.61. The van der Waals surface area contributed by atoms with Gasteiger partial charge in [-0.15, -0.1) is 11.3 Å². The summed E-state index contributed by atoms with van der Waals surface area (Å²) in [5.41, 5.74) is 7.03. The van der Waals surface area contributed by atoms with Crippen LogP contribution >= 0.6 is 11.3 Å². The summed E-state index contributed by atoms with van der Waals surface area (Å²) in [6.45, 7) is 0.100. The summed E-state index contributed by atoms with van der Waals surface area (Å²) in [5.74, 6) is 3.62. The second kappa shape index (κ2) is 6.26. The maximum Gasteiger partial charge on any atom is 0.266 e. The van der Waals surface area contributed by atoms with E-state index in [0.29, 0.717) is 0 Å². The first kappa shape index (κ1) is 18.2. The van der Waals surface area contributed by atoms with Crippen molar-refractivity contribution in [2.24, 2.45) is 0 Å². The maximum atomic E-state index is 6.44. The van der Waals surface area contributed by atoms with Gasteiger partial charge in [-0.3, -0.25) is 0 Å². The number of rotatable bonds is 1. The number of hydrogen-bond donors (Lipinski definition) is 0.